The van der Waals surface area contributed by atoms with Gasteiger partial charge < -0.3 is 4.57 Å². The van der Waals surface area contributed by atoms with Gasteiger partial charge in [-0.2, -0.15) is 0 Å². The molecule has 1 heterocycles. The van der Waals surface area contributed by atoms with Gasteiger partial charge >= 0.3 is 0 Å². The zero-order chi connectivity index (χ0) is 26.6. The van der Waals surface area contributed by atoms with Gasteiger partial charge in [0.1, 0.15) is 0 Å². The van der Waals surface area contributed by atoms with E-state index in [2.05, 4.69) is 41.0 Å². The van der Waals surface area contributed by atoms with E-state index < -0.39 is 0 Å². The quantitative estimate of drug-likeness (QED) is 0.162. The molecule has 0 unspecified atom stereocenters. The van der Waals surface area contributed by atoms with Crippen LogP contribution in [0.5, 0.6) is 0 Å². The summed E-state index contributed by atoms with van der Waals surface area (Å²) in [4.78, 5) is 25.3. The summed E-state index contributed by atoms with van der Waals surface area (Å²) in [5, 5.41) is 2.15. The summed E-state index contributed by atoms with van der Waals surface area (Å²) in [6, 6.07) is 41.3. The molecule has 0 amide bonds. The Morgan fingerprint density at radius 2 is 0.897 bits per heavy atom. The Morgan fingerprint density at radius 3 is 1.33 bits per heavy atom. The van der Waals surface area contributed by atoms with Gasteiger partial charge in [0.25, 0.3) is 0 Å². The molecule has 5 aromatic carbocycles. The maximum absolute atomic E-state index is 12.6. The number of ketones is 2. The van der Waals surface area contributed by atoms with Crippen molar-refractivity contribution in [1.82, 2.24) is 4.57 Å². The molecular weight excluding hydrogens is 478 g/mol. The number of allylic oxidation sites excluding steroid dienone is 2. The Kier molecular flexibility index (Phi) is 6.55. The molecule has 0 fully saturated rings. The van der Waals surface area contributed by atoms with E-state index in [1.54, 1.807) is 12.2 Å². The first-order valence-electron chi connectivity index (χ1n) is 12.9. The largest absolute Gasteiger partial charge is 0.309 e. The van der Waals surface area contributed by atoms with E-state index in [0.717, 1.165) is 38.6 Å². The number of benzene rings is 5. The highest BCUT2D eigenvalue weighted by molar-refractivity contribution is 6.12. The Balaban J connectivity index is 1.43. The number of para-hydroxylation sites is 1. The van der Waals surface area contributed by atoms with Crippen molar-refractivity contribution < 1.29 is 9.59 Å². The number of carbonyl (C=O) groups excluding carboxylic acids is 2. The molecule has 3 heteroatoms. The maximum Gasteiger partial charge on any atom is 0.185 e. The number of nitrogens with zero attached hydrogens (tertiary/aromatic N) is 1. The second-order valence-electron chi connectivity index (χ2n) is 9.35. The van der Waals surface area contributed by atoms with E-state index in [1.165, 1.54) is 0 Å². The number of hydrogen-bond donors (Lipinski definition) is 0. The van der Waals surface area contributed by atoms with Gasteiger partial charge in [-0.05, 0) is 59.7 Å². The predicted octanol–water partition coefficient (Wildman–Crippen LogP) is 8.58. The molecule has 0 saturated carbocycles. The van der Waals surface area contributed by atoms with Crippen LogP contribution in [0.15, 0.2) is 140 Å². The van der Waals surface area contributed by atoms with Crippen molar-refractivity contribution in [1.29, 1.82) is 0 Å². The van der Waals surface area contributed by atoms with E-state index in [1.807, 2.05) is 103 Å². The van der Waals surface area contributed by atoms with Gasteiger partial charge in [0.15, 0.2) is 11.6 Å². The summed E-state index contributed by atoms with van der Waals surface area (Å²) in [6.07, 6.45) is 6.97. The highest BCUT2D eigenvalue weighted by Gasteiger charge is 2.13. The standard InChI is InChI=1S/C36H25NO2/c38-35(28-10-4-1-5-11-28)22-18-26-16-20-33-31(24-26)32-25-27(19-23-36(39)29-12-6-2-7-13-29)17-21-34(32)37(33)30-14-8-3-9-15-30/h1-25H/b22-18+,23-19+. The number of carbonyl (C=O) groups is 2. The molecule has 0 N–H and O–H groups in total. The fourth-order valence-corrected chi connectivity index (χ4v) is 4.86. The van der Waals surface area contributed by atoms with E-state index in [0.29, 0.717) is 11.1 Å². The van der Waals surface area contributed by atoms with Crippen molar-refractivity contribution in [2.75, 3.05) is 0 Å². The fraction of sp³-hybridized carbons (Fsp3) is 0. The van der Waals surface area contributed by atoms with Gasteiger partial charge in [-0.1, -0.05) is 103 Å². The summed E-state index contributed by atoms with van der Waals surface area (Å²) in [7, 11) is 0. The Morgan fingerprint density at radius 1 is 0.487 bits per heavy atom. The van der Waals surface area contributed by atoms with Crippen molar-refractivity contribution >= 4 is 45.5 Å². The molecule has 6 rings (SSSR count). The van der Waals surface area contributed by atoms with E-state index in [4.69, 9.17) is 0 Å². The summed E-state index contributed by atoms with van der Waals surface area (Å²) < 4.78 is 2.25. The Labute approximate surface area is 227 Å². The van der Waals surface area contributed by atoms with Crippen molar-refractivity contribution in [3.63, 3.8) is 0 Å². The minimum atomic E-state index is -0.0297. The third kappa shape index (κ3) is 4.98. The van der Waals surface area contributed by atoms with Gasteiger partial charge in [0, 0.05) is 27.6 Å². The highest BCUT2D eigenvalue weighted by Crippen LogP contribution is 2.34. The van der Waals surface area contributed by atoms with Crippen LogP contribution < -0.4 is 0 Å². The summed E-state index contributed by atoms with van der Waals surface area (Å²) in [5.41, 5.74) is 6.43. The number of aromatic nitrogens is 1. The van der Waals surface area contributed by atoms with Crippen LogP contribution in [-0.4, -0.2) is 16.1 Å². The molecular formula is C36H25NO2. The molecule has 0 aliphatic carbocycles. The average Bonchev–Trinajstić information content (AvgIpc) is 3.33. The second-order valence-corrected chi connectivity index (χ2v) is 9.35. The third-order valence-corrected chi connectivity index (χ3v) is 6.80. The van der Waals surface area contributed by atoms with Gasteiger partial charge in [-0.25, -0.2) is 0 Å². The van der Waals surface area contributed by atoms with E-state index >= 15 is 0 Å². The first kappa shape index (κ1) is 24.1. The molecule has 0 aliphatic rings. The Hall–Kier alpha value is -5.28. The molecule has 0 radical (unpaired) electrons. The normalized spacial score (nSPS) is 11.6. The molecule has 186 valence electrons. The van der Waals surface area contributed by atoms with Crippen LogP contribution >= 0.6 is 0 Å². The molecule has 1 aromatic heterocycles. The molecule has 39 heavy (non-hydrogen) atoms. The van der Waals surface area contributed by atoms with Gasteiger partial charge in [0.2, 0.25) is 0 Å². The first-order valence-corrected chi connectivity index (χ1v) is 12.9. The zero-order valence-corrected chi connectivity index (χ0v) is 21.2. The summed E-state index contributed by atoms with van der Waals surface area (Å²) in [6.45, 7) is 0. The fourth-order valence-electron chi connectivity index (χ4n) is 4.86. The molecule has 6 aromatic rings. The van der Waals surface area contributed by atoms with Crippen LogP contribution in [0.1, 0.15) is 31.8 Å². The number of fused-ring (bicyclic) bond motifs is 3. The average molecular weight is 504 g/mol. The molecule has 3 nitrogen and oxygen atoms in total. The monoisotopic (exact) mass is 503 g/mol. The molecule has 0 aliphatic heterocycles. The zero-order valence-electron chi connectivity index (χ0n) is 21.2. The van der Waals surface area contributed by atoms with Crippen LogP contribution in [-0.2, 0) is 0 Å². The minimum Gasteiger partial charge on any atom is -0.309 e. The lowest BCUT2D eigenvalue weighted by Crippen LogP contribution is -1.94. The van der Waals surface area contributed by atoms with E-state index in [-0.39, 0.29) is 11.6 Å². The van der Waals surface area contributed by atoms with Crippen molar-refractivity contribution in [3.8, 4) is 5.69 Å². The topological polar surface area (TPSA) is 39.1 Å². The molecule has 0 bridgehead atoms. The minimum absolute atomic E-state index is 0.0297. The number of hydrogen-bond acceptors (Lipinski definition) is 2. The van der Waals surface area contributed by atoms with Crippen LogP contribution in [0, 0.1) is 0 Å². The molecule has 0 atom stereocenters. The lowest BCUT2D eigenvalue weighted by Gasteiger charge is -2.07. The highest BCUT2D eigenvalue weighted by atomic mass is 16.1. The third-order valence-electron chi connectivity index (χ3n) is 6.80. The van der Waals surface area contributed by atoms with Gasteiger partial charge in [-0.3, -0.25) is 9.59 Å². The van der Waals surface area contributed by atoms with Crippen molar-refractivity contribution in [3.05, 3.63) is 162 Å². The summed E-state index contributed by atoms with van der Waals surface area (Å²) >= 11 is 0. The van der Waals surface area contributed by atoms with Crippen LogP contribution in [0.25, 0.3) is 39.6 Å². The van der Waals surface area contributed by atoms with E-state index in [9.17, 15) is 9.59 Å². The van der Waals surface area contributed by atoms with Gasteiger partial charge in [-0.15, -0.1) is 0 Å². The first-order chi connectivity index (χ1) is 19.2. The SMILES string of the molecule is O=C(/C=C/c1ccc2c(c1)c1cc(/C=C/C(=O)c3ccccc3)ccc1n2-c1ccccc1)c1ccccc1. The van der Waals surface area contributed by atoms with Crippen LogP contribution in [0.4, 0.5) is 0 Å². The van der Waals surface area contributed by atoms with Crippen molar-refractivity contribution in [2.45, 2.75) is 0 Å². The predicted molar refractivity (Wildman–Crippen MR) is 160 cm³/mol. The molecule has 0 saturated heterocycles. The molecule has 0 spiro atoms. The number of rotatable bonds is 7. The van der Waals surface area contributed by atoms with Crippen LogP contribution in [0.3, 0.4) is 0 Å². The second kappa shape index (κ2) is 10.6. The smallest absolute Gasteiger partial charge is 0.185 e. The lowest BCUT2D eigenvalue weighted by atomic mass is 10.0. The maximum atomic E-state index is 12.6. The van der Waals surface area contributed by atoms with Crippen molar-refractivity contribution in [2.24, 2.45) is 0 Å². The lowest BCUT2D eigenvalue weighted by molar-refractivity contribution is 0.103. The van der Waals surface area contributed by atoms with Gasteiger partial charge in [0.05, 0.1) is 11.0 Å². The Bertz CT molecular complexity index is 1740. The summed E-state index contributed by atoms with van der Waals surface area (Å²) in [5.74, 6) is -0.0594. The van der Waals surface area contributed by atoms with Crippen LogP contribution in [0.2, 0.25) is 0 Å².